The van der Waals surface area contributed by atoms with Gasteiger partial charge in [-0.15, -0.1) is 0 Å². The highest BCUT2D eigenvalue weighted by Gasteiger charge is 2.23. The number of nitrogens with zero attached hydrogens (tertiary/aromatic N) is 2. The zero-order valence-corrected chi connectivity index (χ0v) is 14.0. The molecule has 0 fully saturated rings. The number of carbonyl (C=O) groups is 1. The monoisotopic (exact) mass is 356 g/mol. The van der Waals surface area contributed by atoms with E-state index in [1.807, 2.05) is 0 Å². The molecule has 0 aliphatic rings. The number of halogens is 2. The molecule has 2 heterocycles. The predicted molar refractivity (Wildman–Crippen MR) is 91.9 cm³/mol. The van der Waals surface area contributed by atoms with Crippen molar-refractivity contribution in [2.75, 3.05) is 0 Å². The number of aryl methyl sites for hydroxylation is 1. The minimum Gasteiger partial charge on any atom is -0.481 e. The van der Waals surface area contributed by atoms with E-state index in [-0.39, 0.29) is 22.6 Å². The summed E-state index contributed by atoms with van der Waals surface area (Å²) in [4.78, 5) is 15.4. The Labute approximate surface area is 146 Å². The number of benzene rings is 2. The third-order valence-electron chi connectivity index (χ3n) is 4.55. The van der Waals surface area contributed by atoms with E-state index in [1.54, 1.807) is 23.9 Å². The zero-order valence-electron chi connectivity index (χ0n) is 14.0. The van der Waals surface area contributed by atoms with Gasteiger partial charge in [0.2, 0.25) is 5.89 Å². The Hall–Kier alpha value is -3.22. The van der Waals surface area contributed by atoms with Crippen LogP contribution < -0.4 is 0 Å². The van der Waals surface area contributed by atoms with Gasteiger partial charge in [0.15, 0.2) is 11.4 Å². The van der Waals surface area contributed by atoms with Gasteiger partial charge < -0.3 is 14.1 Å². The number of fused-ring (bicyclic) bond motifs is 2. The Bertz CT molecular complexity index is 1180. The van der Waals surface area contributed by atoms with E-state index in [0.717, 1.165) is 5.52 Å². The minimum absolute atomic E-state index is 0.0247. The molecule has 2 aromatic heterocycles. The van der Waals surface area contributed by atoms with Gasteiger partial charge in [-0.1, -0.05) is 6.07 Å². The van der Waals surface area contributed by atoms with Crippen molar-refractivity contribution in [2.24, 2.45) is 7.05 Å². The Morgan fingerprint density at radius 1 is 1.27 bits per heavy atom. The summed E-state index contributed by atoms with van der Waals surface area (Å²) in [6.07, 6.45) is 1.73. The molecule has 26 heavy (non-hydrogen) atoms. The number of aromatic nitrogens is 2. The average molecular weight is 356 g/mol. The molecule has 0 amide bonds. The first-order valence-corrected chi connectivity index (χ1v) is 7.93. The van der Waals surface area contributed by atoms with Crippen LogP contribution in [0, 0.1) is 11.6 Å². The van der Waals surface area contributed by atoms with Crippen molar-refractivity contribution in [1.29, 1.82) is 0 Å². The van der Waals surface area contributed by atoms with Gasteiger partial charge in [0.05, 0.1) is 11.5 Å². The van der Waals surface area contributed by atoms with Gasteiger partial charge >= 0.3 is 5.97 Å². The molecule has 0 radical (unpaired) electrons. The number of aliphatic carboxylic acids is 1. The van der Waals surface area contributed by atoms with Crippen LogP contribution in [0.4, 0.5) is 8.78 Å². The number of rotatable bonds is 3. The second-order valence-corrected chi connectivity index (χ2v) is 6.21. The number of carboxylic acid groups (broad SMARTS) is 1. The standard InChI is InChI=1S/C19H14F2N2O3/c1-9(19(24)25)11-4-5-14-17(16(11)21)26-18(22-14)13-8-23(2)15-6-3-10(20)7-12(13)15/h3-9H,1-2H3,(H,24,25). The van der Waals surface area contributed by atoms with Crippen molar-refractivity contribution in [1.82, 2.24) is 9.55 Å². The molecule has 1 unspecified atom stereocenters. The first-order valence-electron chi connectivity index (χ1n) is 7.93. The molecule has 0 aliphatic heterocycles. The lowest BCUT2D eigenvalue weighted by Gasteiger charge is -2.07. The first-order chi connectivity index (χ1) is 12.4. The van der Waals surface area contributed by atoms with Crippen LogP contribution in [0.15, 0.2) is 40.9 Å². The molecule has 0 spiro atoms. The molecule has 132 valence electrons. The zero-order chi connectivity index (χ0) is 18.6. The van der Waals surface area contributed by atoms with E-state index in [4.69, 9.17) is 9.52 Å². The number of carboxylic acids is 1. The molecule has 4 aromatic rings. The Kier molecular flexibility index (Phi) is 3.54. The van der Waals surface area contributed by atoms with Gasteiger partial charge in [-0.05, 0) is 31.2 Å². The summed E-state index contributed by atoms with van der Waals surface area (Å²) < 4.78 is 35.8. The van der Waals surface area contributed by atoms with Crippen LogP contribution in [0.3, 0.4) is 0 Å². The Morgan fingerprint density at radius 3 is 2.77 bits per heavy atom. The molecule has 0 saturated carbocycles. The molecule has 0 saturated heterocycles. The molecule has 0 aliphatic carbocycles. The normalized spacial score (nSPS) is 12.8. The summed E-state index contributed by atoms with van der Waals surface area (Å²) in [5, 5.41) is 9.71. The van der Waals surface area contributed by atoms with E-state index in [2.05, 4.69) is 4.98 Å². The molecule has 5 nitrogen and oxygen atoms in total. The van der Waals surface area contributed by atoms with Gasteiger partial charge in [0.1, 0.15) is 11.3 Å². The van der Waals surface area contributed by atoms with Crippen molar-refractivity contribution in [2.45, 2.75) is 12.8 Å². The van der Waals surface area contributed by atoms with Crippen molar-refractivity contribution >= 4 is 28.0 Å². The molecular weight excluding hydrogens is 342 g/mol. The minimum atomic E-state index is -1.13. The maximum atomic E-state index is 14.7. The molecule has 1 N–H and O–H groups in total. The summed E-state index contributed by atoms with van der Waals surface area (Å²) in [7, 11) is 1.81. The fraction of sp³-hybridized carbons (Fsp3) is 0.158. The molecule has 4 rings (SSSR count). The SMILES string of the molecule is CC(C(=O)O)c1ccc2nc(-c3cn(C)c4ccc(F)cc34)oc2c1F. The molecule has 0 bridgehead atoms. The van der Waals surface area contributed by atoms with Crippen LogP contribution in [-0.2, 0) is 11.8 Å². The summed E-state index contributed by atoms with van der Waals surface area (Å²) in [6.45, 7) is 1.40. The van der Waals surface area contributed by atoms with Gasteiger partial charge in [-0.3, -0.25) is 4.79 Å². The maximum Gasteiger partial charge on any atom is 0.310 e. The van der Waals surface area contributed by atoms with Crippen molar-refractivity contribution < 1.29 is 23.1 Å². The van der Waals surface area contributed by atoms with Crippen LogP contribution in [0.1, 0.15) is 18.4 Å². The van der Waals surface area contributed by atoms with Gasteiger partial charge in [-0.2, -0.15) is 0 Å². The largest absolute Gasteiger partial charge is 0.481 e. The van der Waals surface area contributed by atoms with E-state index in [1.165, 1.54) is 31.2 Å². The summed E-state index contributed by atoms with van der Waals surface area (Å²) in [5.74, 6) is -3.14. The fourth-order valence-corrected chi connectivity index (χ4v) is 3.09. The average Bonchev–Trinajstić information content (AvgIpc) is 3.16. The highest BCUT2D eigenvalue weighted by molar-refractivity contribution is 5.95. The molecule has 2 aromatic carbocycles. The third kappa shape index (κ3) is 2.35. The fourth-order valence-electron chi connectivity index (χ4n) is 3.09. The first kappa shape index (κ1) is 16.3. The quantitative estimate of drug-likeness (QED) is 0.589. The van der Waals surface area contributed by atoms with E-state index < -0.39 is 23.5 Å². The lowest BCUT2D eigenvalue weighted by molar-refractivity contribution is -0.138. The van der Waals surface area contributed by atoms with Gasteiger partial charge in [0.25, 0.3) is 0 Å². The van der Waals surface area contributed by atoms with Crippen LogP contribution in [0.25, 0.3) is 33.5 Å². The van der Waals surface area contributed by atoms with Gasteiger partial charge in [0, 0.05) is 29.7 Å². The molecule has 1 atom stereocenters. The lowest BCUT2D eigenvalue weighted by atomic mass is 10.0. The summed E-state index contributed by atoms with van der Waals surface area (Å²) in [5.41, 5.74) is 1.50. The number of hydrogen-bond acceptors (Lipinski definition) is 3. The van der Waals surface area contributed by atoms with Crippen LogP contribution in [-0.4, -0.2) is 20.6 Å². The lowest BCUT2D eigenvalue weighted by Crippen LogP contribution is -2.09. The van der Waals surface area contributed by atoms with E-state index in [9.17, 15) is 13.6 Å². The summed E-state index contributed by atoms with van der Waals surface area (Å²) in [6, 6.07) is 7.28. The van der Waals surface area contributed by atoms with Crippen LogP contribution in [0.2, 0.25) is 0 Å². The Morgan fingerprint density at radius 2 is 2.04 bits per heavy atom. The Balaban J connectivity index is 1.93. The topological polar surface area (TPSA) is 68.3 Å². The van der Waals surface area contributed by atoms with E-state index >= 15 is 0 Å². The highest BCUT2D eigenvalue weighted by atomic mass is 19.1. The maximum absolute atomic E-state index is 14.7. The van der Waals surface area contributed by atoms with Crippen LogP contribution in [0.5, 0.6) is 0 Å². The second kappa shape index (κ2) is 5.66. The predicted octanol–water partition coefficient (Wildman–Crippen LogP) is 4.45. The molecular formula is C19H14F2N2O3. The second-order valence-electron chi connectivity index (χ2n) is 6.21. The number of hydrogen-bond donors (Lipinski definition) is 1. The van der Waals surface area contributed by atoms with Crippen molar-refractivity contribution in [3.8, 4) is 11.5 Å². The van der Waals surface area contributed by atoms with Crippen LogP contribution >= 0.6 is 0 Å². The summed E-state index contributed by atoms with van der Waals surface area (Å²) >= 11 is 0. The third-order valence-corrected chi connectivity index (χ3v) is 4.55. The smallest absolute Gasteiger partial charge is 0.310 e. The van der Waals surface area contributed by atoms with Crippen molar-refractivity contribution in [3.05, 3.63) is 53.7 Å². The van der Waals surface area contributed by atoms with Crippen molar-refractivity contribution in [3.63, 3.8) is 0 Å². The highest BCUT2D eigenvalue weighted by Crippen LogP contribution is 2.34. The number of oxazole rings is 1. The van der Waals surface area contributed by atoms with Gasteiger partial charge in [-0.25, -0.2) is 13.8 Å². The molecule has 7 heteroatoms. The van der Waals surface area contributed by atoms with E-state index in [0.29, 0.717) is 10.9 Å².